The summed E-state index contributed by atoms with van der Waals surface area (Å²) >= 11 is 1.53. The standard InChI is InChI=1S/C16H20N4OS/c1-5-6-14-17-18-16-20(14)19-15(22-16)12(4)21-13-8-10(2)7-11(3)9-13/h7-9,12H,5-6H2,1-4H3. The number of aryl methyl sites for hydroxylation is 3. The number of hydrogen-bond acceptors (Lipinski definition) is 5. The van der Waals surface area contributed by atoms with Gasteiger partial charge in [-0.25, -0.2) is 0 Å². The molecule has 2 heterocycles. The molecule has 0 aliphatic heterocycles. The average Bonchev–Trinajstić information content (AvgIpc) is 3.00. The summed E-state index contributed by atoms with van der Waals surface area (Å²) in [4.78, 5) is 0.828. The first kappa shape index (κ1) is 15.0. The van der Waals surface area contributed by atoms with Crippen molar-refractivity contribution in [3.05, 3.63) is 40.2 Å². The molecule has 2 aromatic heterocycles. The predicted octanol–water partition coefficient (Wildman–Crippen LogP) is 3.90. The van der Waals surface area contributed by atoms with Crippen molar-refractivity contribution >= 4 is 16.3 Å². The van der Waals surface area contributed by atoms with Gasteiger partial charge >= 0.3 is 0 Å². The molecule has 0 aliphatic carbocycles. The Balaban J connectivity index is 1.83. The monoisotopic (exact) mass is 316 g/mol. The van der Waals surface area contributed by atoms with Crippen molar-refractivity contribution in [3.63, 3.8) is 0 Å². The highest BCUT2D eigenvalue weighted by molar-refractivity contribution is 7.16. The van der Waals surface area contributed by atoms with E-state index in [4.69, 9.17) is 4.74 Å². The molecule has 3 rings (SSSR count). The first-order chi connectivity index (χ1) is 10.6. The number of aromatic nitrogens is 4. The lowest BCUT2D eigenvalue weighted by atomic mass is 10.1. The summed E-state index contributed by atoms with van der Waals surface area (Å²) < 4.78 is 7.89. The largest absolute Gasteiger partial charge is 0.483 e. The van der Waals surface area contributed by atoms with Gasteiger partial charge in [-0.2, -0.15) is 9.61 Å². The fourth-order valence-electron chi connectivity index (χ4n) is 2.47. The molecule has 6 heteroatoms. The second-order valence-corrected chi connectivity index (χ2v) is 6.57. The van der Waals surface area contributed by atoms with Crippen LogP contribution in [-0.2, 0) is 6.42 Å². The van der Waals surface area contributed by atoms with Crippen LogP contribution >= 0.6 is 11.3 Å². The van der Waals surface area contributed by atoms with E-state index in [0.29, 0.717) is 0 Å². The van der Waals surface area contributed by atoms with Crippen LogP contribution in [0.4, 0.5) is 0 Å². The lowest BCUT2D eigenvalue weighted by molar-refractivity contribution is 0.224. The lowest BCUT2D eigenvalue weighted by Crippen LogP contribution is -2.05. The maximum absolute atomic E-state index is 6.05. The highest BCUT2D eigenvalue weighted by Gasteiger charge is 2.17. The zero-order chi connectivity index (χ0) is 15.7. The quantitative estimate of drug-likeness (QED) is 0.716. The zero-order valence-corrected chi connectivity index (χ0v) is 14.1. The molecule has 116 valence electrons. The number of fused-ring (bicyclic) bond motifs is 1. The molecule has 0 saturated heterocycles. The molecule has 3 aromatic rings. The molecule has 0 aliphatic rings. The summed E-state index contributed by atoms with van der Waals surface area (Å²) in [6, 6.07) is 6.23. The van der Waals surface area contributed by atoms with Crippen LogP contribution in [-0.4, -0.2) is 19.8 Å². The number of ether oxygens (including phenoxy) is 1. The third-order valence-corrected chi connectivity index (χ3v) is 4.46. The van der Waals surface area contributed by atoms with E-state index in [1.165, 1.54) is 22.5 Å². The molecule has 0 fully saturated rings. The smallest absolute Gasteiger partial charge is 0.234 e. The third-order valence-electron chi connectivity index (χ3n) is 3.40. The van der Waals surface area contributed by atoms with Crippen molar-refractivity contribution in [2.45, 2.75) is 46.6 Å². The average molecular weight is 316 g/mol. The van der Waals surface area contributed by atoms with Gasteiger partial charge in [0.15, 0.2) is 10.8 Å². The van der Waals surface area contributed by atoms with Gasteiger partial charge in [0.05, 0.1) is 0 Å². The summed E-state index contributed by atoms with van der Waals surface area (Å²) in [5, 5.41) is 13.9. The minimum Gasteiger partial charge on any atom is -0.483 e. The summed E-state index contributed by atoms with van der Waals surface area (Å²) in [6.45, 7) is 8.29. The van der Waals surface area contributed by atoms with Gasteiger partial charge < -0.3 is 4.74 Å². The van der Waals surface area contributed by atoms with Gasteiger partial charge in [-0.1, -0.05) is 24.3 Å². The molecule has 0 bridgehead atoms. The second kappa shape index (κ2) is 6.04. The summed E-state index contributed by atoms with van der Waals surface area (Å²) in [6.07, 6.45) is 1.81. The van der Waals surface area contributed by atoms with E-state index in [-0.39, 0.29) is 6.10 Å². The van der Waals surface area contributed by atoms with Crippen LogP contribution in [0.5, 0.6) is 5.75 Å². The van der Waals surface area contributed by atoms with E-state index in [9.17, 15) is 0 Å². The fraction of sp³-hybridized carbons (Fsp3) is 0.438. The molecule has 1 aromatic carbocycles. The molecular formula is C16H20N4OS. The molecule has 0 radical (unpaired) electrons. The van der Waals surface area contributed by atoms with Crippen molar-refractivity contribution in [2.24, 2.45) is 0 Å². The van der Waals surface area contributed by atoms with E-state index in [1.54, 1.807) is 0 Å². The fourth-order valence-corrected chi connectivity index (χ4v) is 3.31. The number of hydrogen-bond donors (Lipinski definition) is 0. The number of rotatable bonds is 5. The Labute approximate surface area is 134 Å². The lowest BCUT2D eigenvalue weighted by Gasteiger charge is -2.13. The van der Waals surface area contributed by atoms with Gasteiger partial charge in [0, 0.05) is 6.42 Å². The number of nitrogens with zero attached hydrogens (tertiary/aromatic N) is 4. The molecule has 0 amide bonds. The van der Waals surface area contributed by atoms with Crippen LogP contribution in [0.2, 0.25) is 0 Å². The molecule has 0 spiro atoms. The Hall–Kier alpha value is -1.95. The second-order valence-electron chi connectivity index (χ2n) is 5.58. The van der Waals surface area contributed by atoms with Gasteiger partial charge in [-0.05, 0) is 50.5 Å². The minimum absolute atomic E-state index is 0.109. The Morgan fingerprint density at radius 3 is 2.59 bits per heavy atom. The van der Waals surface area contributed by atoms with E-state index < -0.39 is 0 Å². The summed E-state index contributed by atoms with van der Waals surface area (Å²) in [5.74, 6) is 1.79. The van der Waals surface area contributed by atoms with Gasteiger partial charge in [0.2, 0.25) is 4.96 Å². The van der Waals surface area contributed by atoms with Crippen LogP contribution in [0, 0.1) is 13.8 Å². The van der Waals surface area contributed by atoms with Gasteiger partial charge in [-0.3, -0.25) is 0 Å². The Kier molecular flexibility index (Phi) is 4.11. The Bertz CT molecular complexity index is 772. The minimum atomic E-state index is -0.109. The highest BCUT2D eigenvalue weighted by Crippen LogP contribution is 2.27. The number of benzene rings is 1. The van der Waals surface area contributed by atoms with Crippen LogP contribution in [0.25, 0.3) is 4.96 Å². The van der Waals surface area contributed by atoms with E-state index in [1.807, 2.05) is 23.6 Å². The predicted molar refractivity (Wildman–Crippen MR) is 87.6 cm³/mol. The molecule has 1 atom stereocenters. The van der Waals surface area contributed by atoms with Crippen LogP contribution in [0.1, 0.15) is 48.3 Å². The molecule has 0 N–H and O–H groups in total. The van der Waals surface area contributed by atoms with Gasteiger partial charge in [-0.15, -0.1) is 10.2 Å². The highest BCUT2D eigenvalue weighted by atomic mass is 32.1. The maximum atomic E-state index is 6.05. The van der Waals surface area contributed by atoms with Gasteiger partial charge in [0.25, 0.3) is 0 Å². The van der Waals surface area contributed by atoms with Crippen LogP contribution in [0.3, 0.4) is 0 Å². The molecule has 1 unspecified atom stereocenters. The van der Waals surface area contributed by atoms with Crippen LogP contribution in [0.15, 0.2) is 18.2 Å². The van der Waals surface area contributed by atoms with E-state index >= 15 is 0 Å². The first-order valence-electron chi connectivity index (χ1n) is 7.52. The summed E-state index contributed by atoms with van der Waals surface area (Å²) in [7, 11) is 0. The SMILES string of the molecule is CCCc1nnc2sc(C(C)Oc3cc(C)cc(C)c3)nn12. The van der Waals surface area contributed by atoms with Crippen molar-refractivity contribution in [1.29, 1.82) is 0 Å². The third kappa shape index (κ3) is 2.97. The van der Waals surface area contributed by atoms with Crippen molar-refractivity contribution in [1.82, 2.24) is 19.8 Å². The maximum Gasteiger partial charge on any atom is 0.234 e. The summed E-state index contributed by atoms with van der Waals surface area (Å²) in [5.41, 5.74) is 2.40. The topological polar surface area (TPSA) is 52.3 Å². The first-order valence-corrected chi connectivity index (χ1v) is 8.34. The van der Waals surface area contributed by atoms with Gasteiger partial charge in [0.1, 0.15) is 11.9 Å². The van der Waals surface area contributed by atoms with Crippen LogP contribution < -0.4 is 4.74 Å². The van der Waals surface area contributed by atoms with E-state index in [2.05, 4.69) is 42.1 Å². The molecule has 22 heavy (non-hydrogen) atoms. The Morgan fingerprint density at radius 2 is 1.91 bits per heavy atom. The Morgan fingerprint density at radius 1 is 1.18 bits per heavy atom. The van der Waals surface area contributed by atoms with E-state index in [0.717, 1.165) is 34.4 Å². The molecule has 5 nitrogen and oxygen atoms in total. The van der Waals surface area contributed by atoms with Crippen molar-refractivity contribution < 1.29 is 4.74 Å². The molecular weight excluding hydrogens is 296 g/mol. The van der Waals surface area contributed by atoms with Crippen molar-refractivity contribution in [2.75, 3.05) is 0 Å². The van der Waals surface area contributed by atoms with Crippen molar-refractivity contribution in [3.8, 4) is 5.75 Å². The zero-order valence-electron chi connectivity index (χ0n) is 13.3. The molecule has 0 saturated carbocycles. The normalized spacial score (nSPS) is 12.7.